The van der Waals surface area contributed by atoms with Crippen molar-refractivity contribution in [2.24, 2.45) is 0 Å². The van der Waals surface area contributed by atoms with Crippen LogP contribution in [0.25, 0.3) is 22.2 Å². The molecule has 1 atom stereocenters. The van der Waals surface area contributed by atoms with E-state index < -0.39 is 29.2 Å². The molecule has 2 aromatic heterocycles. The number of hydrogen-bond donors (Lipinski definition) is 2. The predicted octanol–water partition coefficient (Wildman–Crippen LogP) is 4.42. The minimum Gasteiger partial charge on any atom is -0.503 e. The number of hydrogen-bond acceptors (Lipinski definition) is 4. The van der Waals surface area contributed by atoms with Crippen LogP contribution in [0.2, 0.25) is 0 Å². The molecule has 1 aromatic carbocycles. The predicted molar refractivity (Wildman–Crippen MR) is 107 cm³/mol. The molecule has 1 aliphatic rings. The number of aromatic nitrogens is 2. The molecule has 1 unspecified atom stereocenters. The lowest BCUT2D eigenvalue weighted by Gasteiger charge is -2.23. The SMILES string of the molecule is O=c1cc(C(O)C(F)(F)F)n(C2=CCCC(c3cccc4ncccc34)=C2)cc1O. The number of rotatable bonds is 3. The topological polar surface area (TPSA) is 75.3 Å². The fourth-order valence-electron chi connectivity index (χ4n) is 3.59. The third-order valence-electron chi connectivity index (χ3n) is 5.01. The molecule has 0 saturated heterocycles. The Morgan fingerprint density at radius 3 is 2.73 bits per heavy atom. The lowest BCUT2D eigenvalue weighted by atomic mass is 9.93. The zero-order valence-electron chi connectivity index (χ0n) is 15.6. The van der Waals surface area contributed by atoms with Crippen molar-refractivity contribution < 1.29 is 23.4 Å². The number of fused-ring (bicyclic) bond motifs is 1. The molecule has 8 heteroatoms. The van der Waals surface area contributed by atoms with Crippen molar-refractivity contribution >= 4 is 22.2 Å². The number of aliphatic hydroxyl groups excluding tert-OH is 1. The monoisotopic (exact) mass is 414 g/mol. The van der Waals surface area contributed by atoms with Crippen molar-refractivity contribution in [1.29, 1.82) is 0 Å². The van der Waals surface area contributed by atoms with Crippen LogP contribution >= 0.6 is 0 Å². The molecule has 0 bridgehead atoms. The Kier molecular flexibility index (Phi) is 4.95. The normalized spacial score (nSPS) is 15.6. The van der Waals surface area contributed by atoms with Crippen molar-refractivity contribution in [2.75, 3.05) is 0 Å². The van der Waals surface area contributed by atoms with Gasteiger partial charge in [0, 0.05) is 23.3 Å². The van der Waals surface area contributed by atoms with Crippen LogP contribution in [0.4, 0.5) is 13.2 Å². The molecule has 30 heavy (non-hydrogen) atoms. The summed E-state index contributed by atoms with van der Waals surface area (Å²) in [5.41, 5.74) is 1.23. The summed E-state index contributed by atoms with van der Waals surface area (Å²) in [6.07, 6.45) is -0.664. The van der Waals surface area contributed by atoms with Crippen LogP contribution in [0.3, 0.4) is 0 Å². The summed E-state index contributed by atoms with van der Waals surface area (Å²) in [7, 11) is 0. The van der Waals surface area contributed by atoms with E-state index in [1.165, 1.54) is 0 Å². The average Bonchev–Trinajstić information content (AvgIpc) is 2.74. The van der Waals surface area contributed by atoms with Crippen LogP contribution in [0.5, 0.6) is 5.75 Å². The van der Waals surface area contributed by atoms with Gasteiger partial charge in [0.15, 0.2) is 11.9 Å². The minimum absolute atomic E-state index is 0.325. The fourth-order valence-corrected chi connectivity index (χ4v) is 3.59. The number of pyridine rings is 2. The van der Waals surface area contributed by atoms with Gasteiger partial charge in [0.05, 0.1) is 17.4 Å². The summed E-state index contributed by atoms with van der Waals surface area (Å²) in [6, 6.07) is 9.97. The van der Waals surface area contributed by atoms with Gasteiger partial charge in [0.2, 0.25) is 5.43 Å². The summed E-state index contributed by atoms with van der Waals surface area (Å²) in [6.45, 7) is 0. The first-order chi connectivity index (χ1) is 14.3. The maximum absolute atomic E-state index is 13.2. The minimum atomic E-state index is -4.96. The molecular formula is C22H17F3N2O3. The largest absolute Gasteiger partial charge is 0.503 e. The molecule has 2 N–H and O–H groups in total. The van der Waals surface area contributed by atoms with E-state index in [0.717, 1.165) is 32.8 Å². The summed E-state index contributed by atoms with van der Waals surface area (Å²) < 4.78 is 40.5. The second kappa shape index (κ2) is 7.46. The summed E-state index contributed by atoms with van der Waals surface area (Å²) in [5.74, 6) is -0.705. The van der Waals surface area contributed by atoms with Gasteiger partial charge in [-0.2, -0.15) is 13.2 Å². The zero-order chi connectivity index (χ0) is 21.5. The first kappa shape index (κ1) is 19.9. The highest BCUT2D eigenvalue weighted by atomic mass is 19.4. The molecular weight excluding hydrogens is 397 g/mol. The highest BCUT2D eigenvalue weighted by Crippen LogP contribution is 2.36. The Morgan fingerprint density at radius 1 is 1.17 bits per heavy atom. The second-order valence-electron chi connectivity index (χ2n) is 6.97. The number of aliphatic hydroxyl groups is 1. The summed E-state index contributed by atoms with van der Waals surface area (Å²) >= 11 is 0. The van der Waals surface area contributed by atoms with Crippen LogP contribution in [-0.4, -0.2) is 25.9 Å². The van der Waals surface area contributed by atoms with Crippen LogP contribution in [0.1, 0.15) is 30.2 Å². The van der Waals surface area contributed by atoms with E-state index in [4.69, 9.17) is 0 Å². The Hall–Kier alpha value is -3.39. The first-order valence-electron chi connectivity index (χ1n) is 9.21. The lowest BCUT2D eigenvalue weighted by molar-refractivity contribution is -0.208. The molecule has 4 rings (SSSR count). The number of benzene rings is 1. The van der Waals surface area contributed by atoms with Gasteiger partial charge in [0.1, 0.15) is 0 Å². The van der Waals surface area contributed by atoms with E-state index in [2.05, 4.69) is 4.98 Å². The quantitative estimate of drug-likeness (QED) is 0.666. The molecule has 154 valence electrons. The number of nitrogens with zero attached hydrogens (tertiary/aromatic N) is 2. The Balaban J connectivity index is 1.86. The van der Waals surface area contributed by atoms with Gasteiger partial charge in [-0.1, -0.05) is 24.3 Å². The van der Waals surface area contributed by atoms with E-state index in [1.54, 1.807) is 18.3 Å². The van der Waals surface area contributed by atoms with E-state index in [0.29, 0.717) is 24.6 Å². The van der Waals surface area contributed by atoms with Gasteiger partial charge in [0.25, 0.3) is 0 Å². The molecule has 0 amide bonds. The van der Waals surface area contributed by atoms with E-state index in [1.807, 2.05) is 30.3 Å². The van der Waals surface area contributed by atoms with Gasteiger partial charge < -0.3 is 14.8 Å². The maximum atomic E-state index is 13.2. The second-order valence-corrected chi connectivity index (χ2v) is 6.97. The smallest absolute Gasteiger partial charge is 0.420 e. The standard InChI is InChI=1S/C22H17F3N2O3/c23-22(24,25)21(30)18-11-19(28)20(29)12-27(18)14-5-1-4-13(10-14)15-6-2-8-17-16(15)7-3-9-26-17/h2-3,5-12,21,29-30H,1,4H2. The van der Waals surface area contributed by atoms with Crippen LogP contribution in [0.15, 0.2) is 65.7 Å². The first-order valence-corrected chi connectivity index (χ1v) is 9.21. The maximum Gasteiger partial charge on any atom is 0.420 e. The molecule has 0 fully saturated rings. The van der Waals surface area contributed by atoms with Crippen molar-refractivity contribution in [3.63, 3.8) is 0 Å². The summed E-state index contributed by atoms with van der Waals surface area (Å²) in [5, 5.41) is 20.5. The van der Waals surface area contributed by atoms with Crippen molar-refractivity contribution in [2.45, 2.75) is 25.1 Å². The van der Waals surface area contributed by atoms with E-state index in [9.17, 15) is 28.2 Å². The zero-order valence-corrected chi connectivity index (χ0v) is 15.6. The number of aromatic hydroxyl groups is 1. The highest BCUT2D eigenvalue weighted by molar-refractivity contribution is 5.94. The van der Waals surface area contributed by atoms with Crippen molar-refractivity contribution in [3.05, 3.63) is 82.4 Å². The van der Waals surface area contributed by atoms with Crippen molar-refractivity contribution in [3.8, 4) is 5.75 Å². The third-order valence-corrected chi connectivity index (χ3v) is 5.01. The van der Waals surface area contributed by atoms with E-state index >= 15 is 0 Å². The molecule has 3 aromatic rings. The van der Waals surface area contributed by atoms with Crippen LogP contribution in [0, 0.1) is 0 Å². The molecule has 5 nitrogen and oxygen atoms in total. The molecule has 0 spiro atoms. The Bertz CT molecular complexity index is 1240. The van der Waals surface area contributed by atoms with Gasteiger partial charge >= 0.3 is 6.18 Å². The third kappa shape index (κ3) is 3.61. The fraction of sp³-hybridized carbons (Fsp3) is 0.182. The Labute approximate surface area is 169 Å². The number of allylic oxidation sites excluding steroid dienone is 4. The van der Waals surface area contributed by atoms with E-state index in [-0.39, 0.29) is 0 Å². The molecule has 0 saturated carbocycles. The average molecular weight is 414 g/mol. The molecule has 0 radical (unpaired) electrons. The van der Waals surface area contributed by atoms with Crippen LogP contribution in [-0.2, 0) is 0 Å². The molecule has 0 aliphatic heterocycles. The lowest BCUT2D eigenvalue weighted by Crippen LogP contribution is -2.26. The van der Waals surface area contributed by atoms with Gasteiger partial charge in [-0.25, -0.2) is 0 Å². The molecule has 1 aliphatic carbocycles. The van der Waals surface area contributed by atoms with Gasteiger partial charge in [-0.3, -0.25) is 9.78 Å². The number of alkyl halides is 3. The molecule has 2 heterocycles. The Morgan fingerprint density at radius 2 is 1.97 bits per heavy atom. The van der Waals surface area contributed by atoms with Gasteiger partial charge in [-0.05, 0) is 42.2 Å². The van der Waals surface area contributed by atoms with Crippen molar-refractivity contribution in [1.82, 2.24) is 9.55 Å². The van der Waals surface area contributed by atoms with Gasteiger partial charge in [-0.15, -0.1) is 0 Å². The summed E-state index contributed by atoms with van der Waals surface area (Å²) in [4.78, 5) is 16.1. The number of halogens is 3. The highest BCUT2D eigenvalue weighted by Gasteiger charge is 2.41. The van der Waals surface area contributed by atoms with Crippen LogP contribution < -0.4 is 5.43 Å².